The molecule has 3 aromatic carbocycles. The number of rotatable bonds is 3. The molecule has 0 atom stereocenters. The molecular formula is C24H25N3OS. The van der Waals surface area contributed by atoms with Crippen molar-refractivity contribution in [2.24, 2.45) is 5.92 Å². The van der Waals surface area contributed by atoms with Crippen LogP contribution in [0.1, 0.15) is 30.1 Å². The van der Waals surface area contributed by atoms with Gasteiger partial charge in [0.05, 0.1) is 11.4 Å². The first-order chi connectivity index (χ1) is 14.1. The number of amides is 1. The van der Waals surface area contributed by atoms with Crippen molar-refractivity contribution >= 4 is 45.4 Å². The average molecular weight is 404 g/mol. The minimum Gasteiger partial charge on any atom is -0.370 e. The third kappa shape index (κ3) is 4.40. The van der Waals surface area contributed by atoms with Crippen LogP contribution < -0.4 is 15.5 Å². The number of hydrogen-bond acceptors (Lipinski definition) is 3. The highest BCUT2D eigenvalue weighted by Gasteiger charge is 2.19. The SMILES string of the molecule is CC1CCN(c2ccccc2NC(=S)NC(=O)c2cccc3ccccc23)CC1. The lowest BCUT2D eigenvalue weighted by Gasteiger charge is -2.33. The van der Waals surface area contributed by atoms with Gasteiger partial charge < -0.3 is 10.2 Å². The Morgan fingerprint density at radius 2 is 1.66 bits per heavy atom. The highest BCUT2D eigenvalue weighted by Crippen LogP contribution is 2.29. The molecule has 0 saturated carbocycles. The molecule has 1 fully saturated rings. The van der Waals surface area contributed by atoms with Crippen molar-refractivity contribution in [3.8, 4) is 0 Å². The van der Waals surface area contributed by atoms with Crippen molar-refractivity contribution in [3.05, 3.63) is 72.3 Å². The van der Waals surface area contributed by atoms with Crippen molar-refractivity contribution in [2.45, 2.75) is 19.8 Å². The number of carbonyl (C=O) groups is 1. The van der Waals surface area contributed by atoms with E-state index in [1.807, 2.05) is 60.7 Å². The molecule has 1 saturated heterocycles. The molecule has 0 bridgehead atoms. The fourth-order valence-corrected chi connectivity index (χ4v) is 4.05. The van der Waals surface area contributed by atoms with E-state index >= 15 is 0 Å². The lowest BCUT2D eigenvalue weighted by Crippen LogP contribution is -2.36. The van der Waals surface area contributed by atoms with Gasteiger partial charge >= 0.3 is 0 Å². The Labute approximate surface area is 176 Å². The largest absolute Gasteiger partial charge is 0.370 e. The second kappa shape index (κ2) is 8.62. The Morgan fingerprint density at radius 1 is 0.966 bits per heavy atom. The first kappa shape index (κ1) is 19.4. The van der Waals surface area contributed by atoms with E-state index in [0.717, 1.165) is 41.2 Å². The van der Waals surface area contributed by atoms with E-state index in [2.05, 4.69) is 28.5 Å². The van der Waals surface area contributed by atoms with Gasteiger partial charge in [-0.2, -0.15) is 0 Å². The monoisotopic (exact) mass is 403 g/mol. The second-order valence-corrected chi connectivity index (χ2v) is 8.03. The first-order valence-corrected chi connectivity index (χ1v) is 10.5. The Bertz CT molecular complexity index is 1040. The number of para-hydroxylation sites is 2. The number of anilines is 2. The van der Waals surface area contributed by atoms with Crippen LogP contribution in [-0.4, -0.2) is 24.1 Å². The van der Waals surface area contributed by atoms with Crippen LogP contribution in [0.2, 0.25) is 0 Å². The van der Waals surface area contributed by atoms with Gasteiger partial charge in [0.15, 0.2) is 5.11 Å². The predicted octanol–water partition coefficient (Wildman–Crippen LogP) is 5.20. The highest BCUT2D eigenvalue weighted by molar-refractivity contribution is 7.80. The smallest absolute Gasteiger partial charge is 0.258 e. The zero-order chi connectivity index (χ0) is 20.2. The molecule has 0 spiro atoms. The fraction of sp³-hybridized carbons (Fsp3) is 0.250. The van der Waals surface area contributed by atoms with Crippen LogP contribution in [0.15, 0.2) is 66.7 Å². The lowest BCUT2D eigenvalue weighted by atomic mass is 9.98. The van der Waals surface area contributed by atoms with Crippen molar-refractivity contribution in [1.82, 2.24) is 5.32 Å². The van der Waals surface area contributed by atoms with Crippen LogP contribution in [0, 0.1) is 5.92 Å². The molecule has 2 N–H and O–H groups in total. The van der Waals surface area contributed by atoms with Crippen molar-refractivity contribution < 1.29 is 4.79 Å². The van der Waals surface area contributed by atoms with Gasteiger partial charge in [0, 0.05) is 18.7 Å². The number of hydrogen-bond donors (Lipinski definition) is 2. The molecule has 1 heterocycles. The first-order valence-electron chi connectivity index (χ1n) is 10.1. The molecule has 3 aromatic rings. The molecule has 148 valence electrons. The molecule has 0 radical (unpaired) electrons. The predicted molar refractivity (Wildman–Crippen MR) is 125 cm³/mol. The van der Waals surface area contributed by atoms with E-state index in [1.54, 1.807) is 0 Å². The zero-order valence-corrected chi connectivity index (χ0v) is 17.3. The Morgan fingerprint density at radius 3 is 2.48 bits per heavy atom. The second-order valence-electron chi connectivity index (χ2n) is 7.62. The van der Waals surface area contributed by atoms with Crippen molar-refractivity contribution in [1.29, 1.82) is 0 Å². The molecule has 4 nitrogen and oxygen atoms in total. The number of fused-ring (bicyclic) bond motifs is 1. The summed E-state index contributed by atoms with van der Waals surface area (Å²) in [5.41, 5.74) is 2.66. The van der Waals surface area contributed by atoms with E-state index in [0.29, 0.717) is 10.7 Å². The van der Waals surface area contributed by atoms with Crippen LogP contribution >= 0.6 is 12.2 Å². The number of carbonyl (C=O) groups excluding carboxylic acids is 1. The molecule has 1 amide bonds. The standard InChI is InChI=1S/C24H25N3OS/c1-17-13-15-27(16-14-17)22-12-5-4-11-21(22)25-24(29)26-23(28)20-10-6-8-18-7-2-3-9-19(18)20/h2-12,17H,13-16H2,1H3,(H2,25,26,28,29). The number of thiocarbonyl (C=S) groups is 1. The van der Waals surface area contributed by atoms with Crippen LogP contribution in [0.3, 0.4) is 0 Å². The Kier molecular flexibility index (Phi) is 5.76. The maximum atomic E-state index is 12.8. The lowest BCUT2D eigenvalue weighted by molar-refractivity contribution is 0.0979. The third-order valence-corrected chi connectivity index (χ3v) is 5.74. The van der Waals surface area contributed by atoms with Gasteiger partial charge in [0.2, 0.25) is 0 Å². The summed E-state index contributed by atoms with van der Waals surface area (Å²) in [4.78, 5) is 15.2. The average Bonchev–Trinajstić information content (AvgIpc) is 2.74. The minimum atomic E-state index is -0.205. The van der Waals surface area contributed by atoms with Gasteiger partial charge in [-0.1, -0.05) is 55.5 Å². The summed E-state index contributed by atoms with van der Waals surface area (Å²) in [5.74, 6) is 0.566. The number of nitrogens with zero attached hydrogens (tertiary/aromatic N) is 1. The highest BCUT2D eigenvalue weighted by atomic mass is 32.1. The quantitative estimate of drug-likeness (QED) is 0.590. The normalized spacial score (nSPS) is 14.6. The topological polar surface area (TPSA) is 44.4 Å². The van der Waals surface area contributed by atoms with Gasteiger partial charge in [0.1, 0.15) is 0 Å². The van der Waals surface area contributed by atoms with Crippen LogP contribution in [0.4, 0.5) is 11.4 Å². The van der Waals surface area contributed by atoms with Gasteiger partial charge in [-0.15, -0.1) is 0 Å². The van der Waals surface area contributed by atoms with Gasteiger partial charge in [-0.3, -0.25) is 10.1 Å². The van der Waals surface area contributed by atoms with E-state index in [4.69, 9.17) is 12.2 Å². The minimum absolute atomic E-state index is 0.205. The van der Waals surface area contributed by atoms with Gasteiger partial charge in [-0.25, -0.2) is 0 Å². The van der Waals surface area contributed by atoms with Crippen LogP contribution in [0.25, 0.3) is 10.8 Å². The molecule has 29 heavy (non-hydrogen) atoms. The van der Waals surface area contributed by atoms with Crippen LogP contribution in [-0.2, 0) is 0 Å². The molecule has 5 heteroatoms. The van der Waals surface area contributed by atoms with Crippen molar-refractivity contribution in [2.75, 3.05) is 23.3 Å². The summed E-state index contributed by atoms with van der Waals surface area (Å²) in [6.45, 7) is 4.38. The summed E-state index contributed by atoms with van der Waals surface area (Å²) >= 11 is 5.45. The van der Waals surface area contributed by atoms with E-state index in [9.17, 15) is 4.79 Å². The van der Waals surface area contributed by atoms with Crippen LogP contribution in [0.5, 0.6) is 0 Å². The number of benzene rings is 3. The summed E-state index contributed by atoms with van der Waals surface area (Å²) in [6, 6.07) is 21.7. The molecule has 4 rings (SSSR count). The Hall–Kier alpha value is -2.92. The Balaban J connectivity index is 1.48. The van der Waals surface area contributed by atoms with Crippen molar-refractivity contribution in [3.63, 3.8) is 0 Å². The van der Waals surface area contributed by atoms with E-state index in [1.165, 1.54) is 12.8 Å². The molecule has 0 aliphatic carbocycles. The molecule has 0 unspecified atom stereocenters. The van der Waals surface area contributed by atoms with E-state index in [-0.39, 0.29) is 5.91 Å². The zero-order valence-electron chi connectivity index (χ0n) is 16.5. The molecular weight excluding hydrogens is 378 g/mol. The number of nitrogens with one attached hydrogen (secondary N) is 2. The third-order valence-electron chi connectivity index (χ3n) is 5.54. The maximum Gasteiger partial charge on any atom is 0.258 e. The van der Waals surface area contributed by atoms with Gasteiger partial charge in [0.25, 0.3) is 5.91 Å². The molecule has 1 aliphatic heterocycles. The summed E-state index contributed by atoms with van der Waals surface area (Å²) in [7, 11) is 0. The summed E-state index contributed by atoms with van der Waals surface area (Å²) in [6.07, 6.45) is 2.38. The maximum absolute atomic E-state index is 12.8. The summed E-state index contributed by atoms with van der Waals surface area (Å²) < 4.78 is 0. The molecule has 0 aromatic heterocycles. The number of piperidine rings is 1. The van der Waals surface area contributed by atoms with Gasteiger partial charge in [-0.05, 0) is 59.9 Å². The van der Waals surface area contributed by atoms with E-state index < -0.39 is 0 Å². The molecule has 1 aliphatic rings. The fourth-order valence-electron chi connectivity index (χ4n) is 3.85. The summed E-state index contributed by atoms with van der Waals surface area (Å²) in [5, 5.41) is 8.31.